The molecule has 0 radical (unpaired) electrons. The van der Waals surface area contributed by atoms with Crippen molar-refractivity contribution in [1.82, 2.24) is 14.5 Å². The molecule has 3 heterocycles. The Morgan fingerprint density at radius 3 is 2.81 bits per heavy atom. The third kappa shape index (κ3) is 3.39. The fourth-order valence-corrected chi connectivity index (χ4v) is 3.61. The SMILES string of the molecule is Fc1cc(Cl)cnc1Cn1cc(I)nc1-c1ccc(Cl)s1. The maximum Gasteiger partial charge on any atom is 0.151 e. The zero-order valence-electron chi connectivity index (χ0n) is 10.4. The van der Waals surface area contributed by atoms with Crippen LogP contribution in [0.1, 0.15) is 5.69 Å². The van der Waals surface area contributed by atoms with Crippen molar-refractivity contribution >= 4 is 57.1 Å². The van der Waals surface area contributed by atoms with Crippen LogP contribution < -0.4 is 0 Å². The average Bonchev–Trinajstić information content (AvgIpc) is 2.99. The van der Waals surface area contributed by atoms with Crippen LogP contribution in [0.2, 0.25) is 9.36 Å². The van der Waals surface area contributed by atoms with Gasteiger partial charge in [0.05, 0.1) is 26.5 Å². The maximum absolute atomic E-state index is 13.9. The Labute approximate surface area is 147 Å². The summed E-state index contributed by atoms with van der Waals surface area (Å²) >= 11 is 15.2. The van der Waals surface area contributed by atoms with Gasteiger partial charge in [-0.3, -0.25) is 4.98 Å². The molecule has 0 aliphatic carbocycles. The lowest BCUT2D eigenvalue weighted by molar-refractivity contribution is 0.587. The van der Waals surface area contributed by atoms with Crippen LogP contribution in [0.3, 0.4) is 0 Å². The Morgan fingerprint density at radius 2 is 2.14 bits per heavy atom. The van der Waals surface area contributed by atoms with E-state index in [4.69, 9.17) is 23.2 Å². The van der Waals surface area contributed by atoms with Crippen LogP contribution in [-0.2, 0) is 6.54 Å². The molecule has 0 aromatic carbocycles. The van der Waals surface area contributed by atoms with Crippen molar-refractivity contribution in [3.05, 3.63) is 55.2 Å². The van der Waals surface area contributed by atoms with Gasteiger partial charge in [-0.2, -0.15) is 0 Å². The van der Waals surface area contributed by atoms with E-state index in [1.807, 2.05) is 22.9 Å². The van der Waals surface area contributed by atoms with E-state index in [0.717, 1.165) is 14.4 Å². The van der Waals surface area contributed by atoms with E-state index in [-0.39, 0.29) is 11.6 Å². The van der Waals surface area contributed by atoms with E-state index < -0.39 is 5.82 Å². The lowest BCUT2D eigenvalue weighted by Crippen LogP contribution is -2.04. The number of aromatic nitrogens is 3. The zero-order valence-corrected chi connectivity index (χ0v) is 14.8. The van der Waals surface area contributed by atoms with E-state index in [9.17, 15) is 4.39 Å². The fourth-order valence-electron chi connectivity index (χ4n) is 1.86. The molecule has 0 unspecified atom stereocenters. The highest BCUT2D eigenvalue weighted by atomic mass is 127. The van der Waals surface area contributed by atoms with Gasteiger partial charge in [0.15, 0.2) is 5.82 Å². The monoisotopic (exact) mass is 453 g/mol. The molecule has 0 saturated heterocycles. The molecule has 0 atom stereocenters. The van der Waals surface area contributed by atoms with Gasteiger partial charge in [0.25, 0.3) is 0 Å². The van der Waals surface area contributed by atoms with Crippen molar-refractivity contribution in [2.75, 3.05) is 0 Å². The van der Waals surface area contributed by atoms with Crippen LogP contribution in [0.25, 0.3) is 10.7 Å². The Balaban J connectivity index is 1.99. The van der Waals surface area contributed by atoms with Gasteiger partial charge in [-0.1, -0.05) is 23.2 Å². The number of nitrogens with zero attached hydrogens (tertiary/aromatic N) is 3. The highest BCUT2D eigenvalue weighted by Crippen LogP contribution is 2.31. The molecule has 0 saturated carbocycles. The average molecular weight is 454 g/mol. The van der Waals surface area contributed by atoms with E-state index in [1.165, 1.54) is 23.6 Å². The molecule has 0 N–H and O–H groups in total. The Hall–Kier alpha value is -0.700. The first-order valence-corrected chi connectivity index (χ1v) is 8.46. The third-order valence-electron chi connectivity index (χ3n) is 2.74. The normalized spacial score (nSPS) is 11.0. The Bertz CT molecular complexity index is 803. The smallest absolute Gasteiger partial charge is 0.151 e. The largest absolute Gasteiger partial charge is 0.323 e. The van der Waals surface area contributed by atoms with Gasteiger partial charge in [-0.15, -0.1) is 11.3 Å². The number of hydrogen-bond donors (Lipinski definition) is 0. The van der Waals surface area contributed by atoms with Crippen LogP contribution in [0.5, 0.6) is 0 Å². The van der Waals surface area contributed by atoms with E-state index in [2.05, 4.69) is 32.6 Å². The number of halogens is 4. The topological polar surface area (TPSA) is 30.7 Å². The molecule has 3 rings (SSSR count). The molecule has 0 fully saturated rings. The van der Waals surface area contributed by atoms with Gasteiger partial charge in [0.2, 0.25) is 0 Å². The molecule has 21 heavy (non-hydrogen) atoms. The number of hydrogen-bond acceptors (Lipinski definition) is 3. The molecular weight excluding hydrogens is 447 g/mol. The second-order valence-corrected chi connectivity index (χ2v) is 7.46. The van der Waals surface area contributed by atoms with Crippen molar-refractivity contribution in [1.29, 1.82) is 0 Å². The highest BCUT2D eigenvalue weighted by molar-refractivity contribution is 14.1. The minimum Gasteiger partial charge on any atom is -0.323 e. The molecule has 0 aliphatic heterocycles. The quantitative estimate of drug-likeness (QED) is 0.516. The summed E-state index contributed by atoms with van der Waals surface area (Å²) in [5.74, 6) is 0.314. The number of rotatable bonds is 3. The second kappa shape index (κ2) is 6.20. The molecule has 0 bridgehead atoms. The van der Waals surface area contributed by atoms with Crippen LogP contribution >= 0.6 is 57.1 Å². The summed E-state index contributed by atoms with van der Waals surface area (Å²) in [5.41, 5.74) is 0.317. The van der Waals surface area contributed by atoms with Gasteiger partial charge in [0, 0.05) is 12.4 Å². The molecule has 0 spiro atoms. The van der Waals surface area contributed by atoms with Gasteiger partial charge in [-0.05, 0) is 40.8 Å². The predicted octanol–water partition coefficient (Wildman–Crippen LogP) is 5.11. The summed E-state index contributed by atoms with van der Waals surface area (Å²) in [6, 6.07) is 4.97. The molecule has 0 aliphatic rings. The van der Waals surface area contributed by atoms with E-state index >= 15 is 0 Å². The second-order valence-electron chi connectivity index (χ2n) is 4.20. The first kappa shape index (κ1) is 15.2. The summed E-state index contributed by atoms with van der Waals surface area (Å²) in [4.78, 5) is 9.43. The molecule has 3 aromatic rings. The maximum atomic E-state index is 13.9. The van der Waals surface area contributed by atoms with Crippen molar-refractivity contribution in [2.24, 2.45) is 0 Å². The molecule has 3 aromatic heterocycles. The van der Waals surface area contributed by atoms with E-state index in [0.29, 0.717) is 10.0 Å². The standard InChI is InChI=1S/C13H7Cl2FIN3S/c14-7-3-8(16)9(18-4-7)5-20-6-12(17)19-13(20)10-1-2-11(15)21-10/h1-4,6H,5H2. The number of imidazole rings is 1. The van der Waals surface area contributed by atoms with Gasteiger partial charge >= 0.3 is 0 Å². The third-order valence-corrected chi connectivity index (χ3v) is 4.70. The lowest BCUT2D eigenvalue weighted by Gasteiger charge is -2.07. The fraction of sp³-hybridized carbons (Fsp3) is 0.0769. The first-order valence-electron chi connectivity index (χ1n) is 5.81. The minimum absolute atomic E-state index is 0.279. The van der Waals surface area contributed by atoms with Crippen molar-refractivity contribution in [3.8, 4) is 10.7 Å². The predicted molar refractivity (Wildman–Crippen MR) is 91.6 cm³/mol. The van der Waals surface area contributed by atoms with Gasteiger partial charge in [0.1, 0.15) is 9.52 Å². The van der Waals surface area contributed by atoms with Crippen LogP contribution in [0.15, 0.2) is 30.6 Å². The molecule has 3 nitrogen and oxygen atoms in total. The Morgan fingerprint density at radius 1 is 1.33 bits per heavy atom. The first-order chi connectivity index (χ1) is 10.0. The van der Waals surface area contributed by atoms with Crippen molar-refractivity contribution in [3.63, 3.8) is 0 Å². The molecule has 8 heteroatoms. The lowest BCUT2D eigenvalue weighted by atomic mass is 10.3. The van der Waals surface area contributed by atoms with Crippen molar-refractivity contribution in [2.45, 2.75) is 6.54 Å². The molecule has 108 valence electrons. The summed E-state index contributed by atoms with van der Waals surface area (Å²) in [6.07, 6.45) is 3.28. The number of thiophene rings is 1. The van der Waals surface area contributed by atoms with Crippen molar-refractivity contribution < 1.29 is 4.39 Å². The summed E-state index contributed by atoms with van der Waals surface area (Å²) in [6.45, 7) is 0.282. The highest BCUT2D eigenvalue weighted by Gasteiger charge is 2.14. The van der Waals surface area contributed by atoms with Crippen LogP contribution in [0.4, 0.5) is 4.39 Å². The Kier molecular flexibility index (Phi) is 4.49. The summed E-state index contributed by atoms with van der Waals surface area (Å²) in [5, 5.41) is 0.279. The summed E-state index contributed by atoms with van der Waals surface area (Å²) < 4.78 is 17.2. The van der Waals surface area contributed by atoms with Crippen LogP contribution in [-0.4, -0.2) is 14.5 Å². The summed E-state index contributed by atoms with van der Waals surface area (Å²) in [7, 11) is 0. The van der Waals surface area contributed by atoms with Gasteiger partial charge < -0.3 is 4.57 Å². The minimum atomic E-state index is -0.429. The number of pyridine rings is 1. The molecule has 0 amide bonds. The van der Waals surface area contributed by atoms with Crippen LogP contribution in [0, 0.1) is 9.52 Å². The van der Waals surface area contributed by atoms with E-state index in [1.54, 1.807) is 0 Å². The molecular formula is C13H7Cl2FIN3S. The van der Waals surface area contributed by atoms with Gasteiger partial charge in [-0.25, -0.2) is 9.37 Å². The zero-order chi connectivity index (χ0) is 15.0.